The van der Waals surface area contributed by atoms with Crippen LogP contribution in [0.1, 0.15) is 71.2 Å². The molecule has 2 aliphatic rings. The van der Waals surface area contributed by atoms with E-state index in [1.54, 1.807) is 12.1 Å². The van der Waals surface area contributed by atoms with Gasteiger partial charge in [-0.05, 0) is 63.5 Å². The fourth-order valence-electron chi connectivity index (χ4n) is 4.80. The molecule has 0 spiro atoms. The summed E-state index contributed by atoms with van der Waals surface area (Å²) in [5.74, 6) is 1.91. The zero-order valence-electron chi connectivity index (χ0n) is 18.6. The minimum atomic E-state index is -0.272. The number of carbonyl (C=O) groups is 1. The van der Waals surface area contributed by atoms with E-state index in [9.17, 15) is 4.79 Å². The number of hydrogen-bond donors (Lipinski definition) is 1. The second-order valence-corrected chi connectivity index (χ2v) is 8.59. The molecule has 2 fully saturated rings. The molecule has 29 heavy (non-hydrogen) atoms. The average Bonchev–Trinajstić information content (AvgIpc) is 3.02. The van der Waals surface area contributed by atoms with Crippen LogP contribution in [0.5, 0.6) is 17.2 Å². The molecule has 2 saturated carbocycles. The molecule has 2 bridgehead atoms. The molecule has 1 amide bonds. The molecule has 0 radical (unpaired) electrons. The highest BCUT2D eigenvalue weighted by Crippen LogP contribution is 2.63. The number of nitrogens with one attached hydrogen (secondary N) is 1. The van der Waals surface area contributed by atoms with Crippen molar-refractivity contribution in [2.24, 2.45) is 21.8 Å². The SMILES string of the molecule is CCOc1cc(C(=O)N/N=C2/C[C@@H]3CC[C@]2(C)C3(C)C)cc(OCC)c1OCC. The van der Waals surface area contributed by atoms with Crippen LogP contribution < -0.4 is 19.6 Å². The van der Waals surface area contributed by atoms with Crippen molar-refractivity contribution in [2.75, 3.05) is 19.8 Å². The topological polar surface area (TPSA) is 69.2 Å². The molecule has 0 saturated heterocycles. The Morgan fingerprint density at radius 2 is 1.66 bits per heavy atom. The van der Waals surface area contributed by atoms with E-state index in [1.807, 2.05) is 20.8 Å². The van der Waals surface area contributed by atoms with E-state index in [4.69, 9.17) is 14.2 Å². The molecule has 3 rings (SSSR count). The van der Waals surface area contributed by atoms with Crippen molar-refractivity contribution in [1.29, 1.82) is 0 Å². The van der Waals surface area contributed by atoms with Gasteiger partial charge in [-0.25, -0.2) is 5.43 Å². The third kappa shape index (κ3) is 3.69. The normalized spacial score (nSPS) is 25.9. The highest BCUT2D eigenvalue weighted by molar-refractivity contribution is 5.98. The summed E-state index contributed by atoms with van der Waals surface area (Å²) in [6.45, 7) is 14.0. The second-order valence-electron chi connectivity index (χ2n) is 8.59. The van der Waals surface area contributed by atoms with Crippen LogP contribution in [-0.4, -0.2) is 31.4 Å². The lowest BCUT2D eigenvalue weighted by Gasteiger charge is -2.34. The zero-order valence-corrected chi connectivity index (χ0v) is 18.6. The zero-order chi connectivity index (χ0) is 21.2. The van der Waals surface area contributed by atoms with Crippen LogP contribution in [0.25, 0.3) is 0 Å². The van der Waals surface area contributed by atoms with E-state index in [0.29, 0.717) is 48.6 Å². The van der Waals surface area contributed by atoms with E-state index in [-0.39, 0.29) is 16.7 Å². The Labute approximate surface area is 174 Å². The van der Waals surface area contributed by atoms with Crippen molar-refractivity contribution in [3.8, 4) is 17.2 Å². The number of hydrazone groups is 1. The molecule has 2 atom stereocenters. The highest BCUT2D eigenvalue weighted by Gasteiger charge is 2.60. The van der Waals surface area contributed by atoms with Gasteiger partial charge in [-0.2, -0.15) is 5.10 Å². The first-order valence-electron chi connectivity index (χ1n) is 10.7. The lowest BCUT2D eigenvalue weighted by atomic mass is 9.70. The molecule has 1 aromatic carbocycles. The molecule has 1 N–H and O–H groups in total. The van der Waals surface area contributed by atoms with Crippen LogP contribution in [0.3, 0.4) is 0 Å². The van der Waals surface area contributed by atoms with Crippen molar-refractivity contribution >= 4 is 11.6 Å². The lowest BCUT2D eigenvalue weighted by molar-refractivity contribution is 0.0952. The number of amides is 1. The minimum absolute atomic E-state index is 0.0523. The maximum absolute atomic E-state index is 12.9. The van der Waals surface area contributed by atoms with Crippen molar-refractivity contribution in [3.05, 3.63) is 17.7 Å². The third-order valence-corrected chi connectivity index (χ3v) is 6.98. The van der Waals surface area contributed by atoms with Crippen molar-refractivity contribution in [2.45, 2.75) is 60.8 Å². The predicted octanol–water partition coefficient (Wildman–Crippen LogP) is 4.81. The van der Waals surface area contributed by atoms with Gasteiger partial charge in [-0.3, -0.25) is 4.79 Å². The molecule has 6 heteroatoms. The van der Waals surface area contributed by atoms with E-state index >= 15 is 0 Å². The molecule has 2 aliphatic carbocycles. The summed E-state index contributed by atoms with van der Waals surface area (Å²) in [6, 6.07) is 3.39. The monoisotopic (exact) mass is 402 g/mol. The summed E-state index contributed by atoms with van der Waals surface area (Å²) < 4.78 is 17.1. The van der Waals surface area contributed by atoms with Crippen molar-refractivity contribution in [3.63, 3.8) is 0 Å². The van der Waals surface area contributed by atoms with Crippen LogP contribution in [0, 0.1) is 16.7 Å². The molecular weight excluding hydrogens is 368 g/mol. The first kappa shape index (κ1) is 21.5. The summed E-state index contributed by atoms with van der Waals surface area (Å²) >= 11 is 0. The molecular formula is C23H34N2O4. The Hall–Kier alpha value is -2.24. The van der Waals surface area contributed by atoms with Gasteiger partial charge in [-0.1, -0.05) is 20.8 Å². The second kappa shape index (κ2) is 8.25. The van der Waals surface area contributed by atoms with Gasteiger partial charge in [0, 0.05) is 16.7 Å². The number of benzene rings is 1. The smallest absolute Gasteiger partial charge is 0.271 e. The van der Waals surface area contributed by atoms with E-state index in [2.05, 4.69) is 31.3 Å². The average molecular weight is 403 g/mol. The third-order valence-electron chi connectivity index (χ3n) is 6.98. The van der Waals surface area contributed by atoms with Crippen LogP contribution in [0.2, 0.25) is 0 Å². The van der Waals surface area contributed by atoms with Crippen LogP contribution in [0.4, 0.5) is 0 Å². The van der Waals surface area contributed by atoms with Crippen LogP contribution in [0.15, 0.2) is 17.2 Å². The Balaban J connectivity index is 1.86. The number of rotatable bonds is 8. The Kier molecular flexibility index (Phi) is 6.11. The molecule has 0 aliphatic heterocycles. The van der Waals surface area contributed by atoms with Gasteiger partial charge in [-0.15, -0.1) is 0 Å². The molecule has 0 heterocycles. The van der Waals surface area contributed by atoms with Crippen molar-refractivity contribution < 1.29 is 19.0 Å². The Morgan fingerprint density at radius 3 is 2.10 bits per heavy atom. The largest absolute Gasteiger partial charge is 0.490 e. The fraction of sp³-hybridized carbons (Fsp3) is 0.652. The van der Waals surface area contributed by atoms with Crippen LogP contribution in [-0.2, 0) is 0 Å². The fourth-order valence-corrected chi connectivity index (χ4v) is 4.80. The Bertz CT molecular complexity index is 775. The summed E-state index contributed by atoms with van der Waals surface area (Å²) in [4.78, 5) is 12.9. The summed E-state index contributed by atoms with van der Waals surface area (Å²) in [5.41, 5.74) is 4.60. The molecule has 0 aromatic heterocycles. The number of fused-ring (bicyclic) bond motifs is 2. The molecule has 0 unspecified atom stereocenters. The number of carbonyl (C=O) groups excluding carboxylic acids is 1. The summed E-state index contributed by atoms with van der Waals surface area (Å²) in [6.07, 6.45) is 3.33. The summed E-state index contributed by atoms with van der Waals surface area (Å²) in [5, 5.41) is 4.56. The minimum Gasteiger partial charge on any atom is -0.490 e. The van der Waals surface area contributed by atoms with Gasteiger partial charge >= 0.3 is 0 Å². The Morgan fingerprint density at radius 1 is 1.07 bits per heavy atom. The first-order chi connectivity index (χ1) is 13.8. The van der Waals surface area contributed by atoms with Gasteiger partial charge < -0.3 is 14.2 Å². The quantitative estimate of drug-likeness (QED) is 0.633. The maximum Gasteiger partial charge on any atom is 0.271 e. The van der Waals surface area contributed by atoms with Gasteiger partial charge in [0.2, 0.25) is 5.75 Å². The van der Waals surface area contributed by atoms with Crippen molar-refractivity contribution in [1.82, 2.24) is 5.43 Å². The van der Waals surface area contributed by atoms with Crippen LogP contribution >= 0.6 is 0 Å². The maximum atomic E-state index is 12.9. The van der Waals surface area contributed by atoms with E-state index in [0.717, 1.165) is 18.6 Å². The van der Waals surface area contributed by atoms with Gasteiger partial charge in [0.1, 0.15) is 0 Å². The lowest BCUT2D eigenvalue weighted by Crippen LogP contribution is -2.34. The first-order valence-corrected chi connectivity index (χ1v) is 10.7. The molecule has 1 aromatic rings. The standard InChI is InChI=1S/C23H34N2O4/c1-7-27-17-12-15(13-18(28-8-2)20(17)29-9-3)21(26)25-24-19-14-16-10-11-23(19,6)22(16,4)5/h12-13,16H,7-11,14H2,1-6H3,(H,25,26)/b24-19-/t16-,23-/m0/s1. The number of ether oxygens (including phenoxy) is 3. The van der Waals surface area contributed by atoms with E-state index in [1.165, 1.54) is 6.42 Å². The number of nitrogens with zero attached hydrogens (tertiary/aromatic N) is 1. The highest BCUT2D eigenvalue weighted by atomic mass is 16.5. The molecule has 160 valence electrons. The molecule has 6 nitrogen and oxygen atoms in total. The van der Waals surface area contributed by atoms with Gasteiger partial charge in [0.15, 0.2) is 11.5 Å². The van der Waals surface area contributed by atoms with Gasteiger partial charge in [0.05, 0.1) is 19.8 Å². The number of hydrogen-bond acceptors (Lipinski definition) is 5. The van der Waals surface area contributed by atoms with Gasteiger partial charge in [0.25, 0.3) is 5.91 Å². The predicted molar refractivity (Wildman–Crippen MR) is 114 cm³/mol. The van der Waals surface area contributed by atoms with E-state index < -0.39 is 0 Å². The summed E-state index contributed by atoms with van der Waals surface area (Å²) in [7, 11) is 0.